The van der Waals surface area contributed by atoms with Gasteiger partial charge in [-0.25, -0.2) is 9.97 Å². The van der Waals surface area contributed by atoms with E-state index in [0.29, 0.717) is 16.7 Å². The molecule has 1 fully saturated rings. The van der Waals surface area contributed by atoms with Crippen molar-refractivity contribution in [2.75, 3.05) is 5.73 Å². The molecule has 4 rings (SSSR count). The second-order valence-electron chi connectivity index (χ2n) is 5.45. The summed E-state index contributed by atoms with van der Waals surface area (Å²) in [6.45, 7) is 0.835. The van der Waals surface area contributed by atoms with E-state index in [9.17, 15) is 4.79 Å². The number of nitrogen functional groups attached to an aromatic ring is 1. The minimum absolute atomic E-state index is 0.0447. The summed E-state index contributed by atoms with van der Waals surface area (Å²) >= 11 is 1.41. The van der Waals surface area contributed by atoms with Gasteiger partial charge in [-0.05, 0) is 36.5 Å². The van der Waals surface area contributed by atoms with Crippen LogP contribution in [0.2, 0.25) is 0 Å². The summed E-state index contributed by atoms with van der Waals surface area (Å²) in [5, 5.41) is 0.509. The molecule has 21 heavy (non-hydrogen) atoms. The van der Waals surface area contributed by atoms with Crippen molar-refractivity contribution in [3.05, 3.63) is 40.9 Å². The minimum atomic E-state index is 0.0447. The summed E-state index contributed by atoms with van der Waals surface area (Å²) in [6.07, 6.45) is 6.09. The molecule has 0 radical (unpaired) electrons. The molecule has 106 valence electrons. The largest absolute Gasteiger partial charge is 0.375 e. The number of hydrogen-bond acceptors (Lipinski definition) is 5. The predicted molar refractivity (Wildman–Crippen MR) is 84.2 cm³/mol. The summed E-state index contributed by atoms with van der Waals surface area (Å²) in [7, 11) is 0. The predicted octanol–water partition coefficient (Wildman–Crippen LogP) is 2.51. The van der Waals surface area contributed by atoms with E-state index < -0.39 is 0 Å². The van der Waals surface area contributed by atoms with Crippen LogP contribution in [0.4, 0.5) is 5.13 Å². The van der Waals surface area contributed by atoms with Gasteiger partial charge in [-0.3, -0.25) is 4.79 Å². The number of rotatable bonds is 3. The third-order valence-corrected chi connectivity index (χ3v) is 4.57. The van der Waals surface area contributed by atoms with Crippen LogP contribution in [0.5, 0.6) is 0 Å². The number of nitrogens with two attached hydrogens (primary N) is 1. The molecule has 1 aliphatic carbocycles. The number of fused-ring (bicyclic) bond motifs is 1. The third-order valence-electron chi connectivity index (χ3n) is 3.74. The zero-order valence-electron chi connectivity index (χ0n) is 11.3. The van der Waals surface area contributed by atoms with Crippen LogP contribution in [0.25, 0.3) is 21.5 Å². The monoisotopic (exact) mass is 298 g/mol. The first-order valence-corrected chi connectivity index (χ1v) is 7.73. The van der Waals surface area contributed by atoms with E-state index in [4.69, 9.17) is 5.73 Å². The molecule has 0 amide bonds. The van der Waals surface area contributed by atoms with Gasteiger partial charge in [-0.15, -0.1) is 0 Å². The molecule has 3 heterocycles. The van der Waals surface area contributed by atoms with Crippen molar-refractivity contribution in [2.24, 2.45) is 5.92 Å². The van der Waals surface area contributed by atoms with Crippen molar-refractivity contribution in [2.45, 2.75) is 19.4 Å². The summed E-state index contributed by atoms with van der Waals surface area (Å²) in [6, 6.07) is 5.63. The Bertz CT molecular complexity index is 879. The Kier molecular flexibility index (Phi) is 2.78. The fourth-order valence-corrected chi connectivity index (χ4v) is 3.14. The van der Waals surface area contributed by atoms with E-state index in [1.54, 1.807) is 16.8 Å². The topological polar surface area (TPSA) is 73.8 Å². The standard InChI is InChI=1S/C15H14N4OS/c16-15-18-14-12(21-15)5-11(7-17-14)10-3-4-19(13(20)6-10)8-9-1-2-9/h3-7,9H,1-2,8H2,(H2,16,17,18). The first kappa shape index (κ1) is 12.5. The Labute approximate surface area is 125 Å². The molecule has 3 aromatic rings. The fraction of sp³-hybridized carbons (Fsp3) is 0.267. The van der Waals surface area contributed by atoms with E-state index in [1.165, 1.54) is 24.2 Å². The minimum Gasteiger partial charge on any atom is -0.375 e. The van der Waals surface area contributed by atoms with Crippen LogP contribution < -0.4 is 11.3 Å². The zero-order chi connectivity index (χ0) is 14.4. The lowest BCUT2D eigenvalue weighted by molar-refractivity contribution is 0.607. The van der Waals surface area contributed by atoms with Crippen LogP contribution in [-0.4, -0.2) is 14.5 Å². The van der Waals surface area contributed by atoms with Gasteiger partial charge in [0.25, 0.3) is 5.56 Å². The molecule has 0 bridgehead atoms. The van der Waals surface area contributed by atoms with Gasteiger partial charge >= 0.3 is 0 Å². The zero-order valence-corrected chi connectivity index (χ0v) is 12.1. The summed E-state index contributed by atoms with van der Waals surface area (Å²) < 4.78 is 2.73. The van der Waals surface area contributed by atoms with Crippen LogP contribution in [0.1, 0.15) is 12.8 Å². The van der Waals surface area contributed by atoms with E-state index in [0.717, 1.165) is 22.4 Å². The van der Waals surface area contributed by atoms with Gasteiger partial charge in [-0.1, -0.05) is 11.3 Å². The van der Waals surface area contributed by atoms with Crippen LogP contribution in [0.15, 0.2) is 35.4 Å². The molecule has 5 nitrogen and oxygen atoms in total. The molecule has 0 saturated heterocycles. The molecule has 0 spiro atoms. The Morgan fingerprint density at radius 2 is 2.19 bits per heavy atom. The molecule has 0 aromatic carbocycles. The Hall–Kier alpha value is -2.21. The molecular weight excluding hydrogens is 284 g/mol. The van der Waals surface area contributed by atoms with Crippen molar-refractivity contribution in [3.8, 4) is 11.1 Å². The molecule has 1 aliphatic rings. The highest BCUT2D eigenvalue weighted by Gasteiger charge is 2.21. The highest BCUT2D eigenvalue weighted by atomic mass is 32.1. The maximum Gasteiger partial charge on any atom is 0.251 e. The molecule has 3 aromatic heterocycles. The van der Waals surface area contributed by atoms with Crippen molar-refractivity contribution in [1.29, 1.82) is 0 Å². The summed E-state index contributed by atoms with van der Waals surface area (Å²) in [5.74, 6) is 0.687. The van der Waals surface area contributed by atoms with Crippen LogP contribution in [0.3, 0.4) is 0 Å². The molecule has 1 saturated carbocycles. The molecule has 2 N–H and O–H groups in total. The van der Waals surface area contributed by atoms with Crippen molar-refractivity contribution in [1.82, 2.24) is 14.5 Å². The van der Waals surface area contributed by atoms with Gasteiger partial charge in [0, 0.05) is 30.6 Å². The van der Waals surface area contributed by atoms with Crippen LogP contribution in [-0.2, 0) is 6.54 Å². The average Bonchev–Trinajstić information content (AvgIpc) is 3.19. The average molecular weight is 298 g/mol. The lowest BCUT2D eigenvalue weighted by Gasteiger charge is -2.06. The lowest BCUT2D eigenvalue weighted by Crippen LogP contribution is -2.19. The van der Waals surface area contributed by atoms with Crippen LogP contribution in [0, 0.1) is 5.92 Å². The van der Waals surface area contributed by atoms with Crippen molar-refractivity contribution >= 4 is 26.8 Å². The van der Waals surface area contributed by atoms with Crippen LogP contribution >= 0.6 is 11.3 Å². The Morgan fingerprint density at radius 3 is 2.95 bits per heavy atom. The van der Waals surface area contributed by atoms with E-state index in [-0.39, 0.29) is 5.56 Å². The quantitative estimate of drug-likeness (QED) is 0.806. The first-order valence-electron chi connectivity index (χ1n) is 6.92. The highest BCUT2D eigenvalue weighted by Crippen LogP contribution is 2.30. The number of thiazole rings is 1. The fourth-order valence-electron chi connectivity index (χ4n) is 2.41. The van der Waals surface area contributed by atoms with Crippen molar-refractivity contribution in [3.63, 3.8) is 0 Å². The highest BCUT2D eigenvalue weighted by molar-refractivity contribution is 7.22. The molecule has 0 atom stereocenters. The third kappa shape index (κ3) is 2.42. The smallest absolute Gasteiger partial charge is 0.251 e. The number of nitrogens with zero attached hydrogens (tertiary/aromatic N) is 3. The van der Waals surface area contributed by atoms with Crippen molar-refractivity contribution < 1.29 is 0 Å². The lowest BCUT2D eigenvalue weighted by atomic mass is 10.1. The summed E-state index contributed by atoms with van der Waals surface area (Å²) in [4.78, 5) is 20.6. The number of anilines is 1. The van der Waals surface area contributed by atoms with Gasteiger partial charge in [0.05, 0.1) is 4.70 Å². The second kappa shape index (κ2) is 4.66. The number of pyridine rings is 2. The van der Waals surface area contributed by atoms with E-state index >= 15 is 0 Å². The number of hydrogen-bond donors (Lipinski definition) is 1. The molecule has 0 aliphatic heterocycles. The molecule has 0 unspecified atom stereocenters. The van der Waals surface area contributed by atoms with Gasteiger partial charge in [0.1, 0.15) is 0 Å². The Morgan fingerprint density at radius 1 is 1.33 bits per heavy atom. The van der Waals surface area contributed by atoms with E-state index in [1.807, 2.05) is 18.3 Å². The second-order valence-corrected chi connectivity index (χ2v) is 6.51. The SMILES string of the molecule is Nc1nc2ncc(-c3ccn(CC4CC4)c(=O)c3)cc2s1. The maximum atomic E-state index is 12.2. The molecule has 6 heteroatoms. The van der Waals surface area contributed by atoms with Gasteiger partial charge in [0.2, 0.25) is 0 Å². The normalized spacial score (nSPS) is 14.7. The maximum absolute atomic E-state index is 12.2. The Balaban J connectivity index is 1.73. The van der Waals surface area contributed by atoms with E-state index in [2.05, 4.69) is 9.97 Å². The van der Waals surface area contributed by atoms with Gasteiger partial charge in [0.15, 0.2) is 10.8 Å². The first-order chi connectivity index (χ1) is 10.2. The van der Waals surface area contributed by atoms with Gasteiger partial charge in [-0.2, -0.15) is 0 Å². The summed E-state index contributed by atoms with van der Waals surface area (Å²) in [5.41, 5.74) is 8.19. The van der Waals surface area contributed by atoms with Gasteiger partial charge < -0.3 is 10.3 Å². The molecular formula is C15H14N4OS. The number of aromatic nitrogens is 3.